The Labute approximate surface area is 176 Å². The normalized spacial score (nSPS) is 17.0. The first kappa shape index (κ1) is 19.9. The van der Waals surface area contributed by atoms with Crippen LogP contribution in [0.1, 0.15) is 32.6 Å². The molecule has 8 heteroatoms. The Kier molecular flexibility index (Phi) is 5.61. The van der Waals surface area contributed by atoms with Gasteiger partial charge in [-0.05, 0) is 55.3 Å². The lowest BCUT2D eigenvalue weighted by molar-refractivity contribution is -0.135. The SMILES string of the molecule is CCC1CCCCN1C(=O)Cn1c(=O)n(-c2cccc(Cl)c2)c(=O)c2sccc21. The number of aromatic nitrogens is 2. The van der Waals surface area contributed by atoms with Gasteiger partial charge in [-0.1, -0.05) is 24.6 Å². The molecule has 1 amide bonds. The summed E-state index contributed by atoms with van der Waals surface area (Å²) in [6.45, 7) is 2.72. The highest BCUT2D eigenvalue weighted by Crippen LogP contribution is 2.21. The number of fused-ring (bicyclic) bond motifs is 1. The molecule has 0 spiro atoms. The van der Waals surface area contributed by atoms with E-state index in [1.807, 2.05) is 4.90 Å². The molecule has 0 N–H and O–H groups in total. The molecule has 1 saturated heterocycles. The molecule has 2 aromatic heterocycles. The number of benzene rings is 1. The summed E-state index contributed by atoms with van der Waals surface area (Å²) in [7, 11) is 0. The second kappa shape index (κ2) is 8.16. The number of thiophene rings is 1. The smallest absolute Gasteiger partial charge is 0.336 e. The molecule has 0 bridgehead atoms. The fourth-order valence-electron chi connectivity index (χ4n) is 4.06. The van der Waals surface area contributed by atoms with Gasteiger partial charge in [-0.3, -0.25) is 14.2 Å². The van der Waals surface area contributed by atoms with E-state index < -0.39 is 11.2 Å². The van der Waals surface area contributed by atoms with Gasteiger partial charge >= 0.3 is 5.69 Å². The maximum absolute atomic E-state index is 13.3. The summed E-state index contributed by atoms with van der Waals surface area (Å²) in [5, 5.41) is 2.20. The minimum absolute atomic E-state index is 0.0799. The van der Waals surface area contributed by atoms with E-state index in [4.69, 9.17) is 11.6 Å². The van der Waals surface area contributed by atoms with Gasteiger partial charge in [0.25, 0.3) is 5.56 Å². The molecule has 4 rings (SSSR count). The standard InChI is InChI=1S/C21H22ClN3O3S/c1-2-15-7-3-4-10-23(15)18(26)13-24-17-9-11-29-19(17)20(27)25(21(24)28)16-8-5-6-14(22)12-16/h5-6,8-9,11-12,15H,2-4,7,10,13H2,1H3. The number of nitrogens with zero attached hydrogens (tertiary/aromatic N) is 3. The Morgan fingerprint density at radius 1 is 1.24 bits per heavy atom. The molecule has 152 valence electrons. The minimum atomic E-state index is -0.526. The zero-order valence-corrected chi connectivity index (χ0v) is 17.7. The number of halogens is 1. The largest absolute Gasteiger partial charge is 0.338 e. The Hall–Kier alpha value is -2.38. The fourth-order valence-corrected chi connectivity index (χ4v) is 5.07. The number of rotatable bonds is 4. The van der Waals surface area contributed by atoms with E-state index in [1.54, 1.807) is 35.7 Å². The maximum atomic E-state index is 13.3. The van der Waals surface area contributed by atoms with Crippen molar-refractivity contribution in [2.24, 2.45) is 0 Å². The molecule has 1 fully saturated rings. The molecular formula is C21H22ClN3O3S. The molecule has 1 aliphatic rings. The average Bonchev–Trinajstić information content (AvgIpc) is 3.21. The summed E-state index contributed by atoms with van der Waals surface area (Å²) < 4.78 is 2.96. The van der Waals surface area contributed by atoms with Crippen molar-refractivity contribution in [3.05, 3.63) is 61.6 Å². The van der Waals surface area contributed by atoms with Crippen LogP contribution in [0.2, 0.25) is 5.02 Å². The van der Waals surface area contributed by atoms with E-state index in [0.717, 1.165) is 30.3 Å². The lowest BCUT2D eigenvalue weighted by atomic mass is 10.00. The summed E-state index contributed by atoms with van der Waals surface area (Å²) in [6.07, 6.45) is 3.99. The third-order valence-electron chi connectivity index (χ3n) is 5.53. The van der Waals surface area contributed by atoms with E-state index in [9.17, 15) is 14.4 Å². The van der Waals surface area contributed by atoms with Crippen LogP contribution in [0.5, 0.6) is 0 Å². The van der Waals surface area contributed by atoms with Crippen molar-refractivity contribution in [3.63, 3.8) is 0 Å². The highest BCUT2D eigenvalue weighted by molar-refractivity contribution is 7.17. The quantitative estimate of drug-likeness (QED) is 0.633. The second-order valence-corrected chi connectivity index (χ2v) is 8.62. The minimum Gasteiger partial charge on any atom is -0.338 e. The molecule has 6 nitrogen and oxygen atoms in total. The molecule has 29 heavy (non-hydrogen) atoms. The summed E-state index contributed by atoms with van der Waals surface area (Å²) in [4.78, 5) is 41.3. The zero-order valence-electron chi connectivity index (χ0n) is 16.1. The van der Waals surface area contributed by atoms with E-state index in [1.165, 1.54) is 15.9 Å². The molecule has 1 aromatic carbocycles. The van der Waals surface area contributed by atoms with Crippen LogP contribution < -0.4 is 11.2 Å². The van der Waals surface area contributed by atoms with Crippen LogP contribution in [0.15, 0.2) is 45.3 Å². The number of hydrogen-bond donors (Lipinski definition) is 0. The van der Waals surface area contributed by atoms with Crippen LogP contribution >= 0.6 is 22.9 Å². The zero-order chi connectivity index (χ0) is 20.5. The number of likely N-dealkylation sites (tertiary alicyclic amines) is 1. The van der Waals surface area contributed by atoms with Gasteiger partial charge in [0.05, 0.1) is 11.2 Å². The molecule has 1 atom stereocenters. The van der Waals surface area contributed by atoms with Gasteiger partial charge in [0.15, 0.2) is 0 Å². The van der Waals surface area contributed by atoms with E-state index >= 15 is 0 Å². The van der Waals surface area contributed by atoms with Crippen LogP contribution in [-0.4, -0.2) is 32.5 Å². The maximum Gasteiger partial charge on any atom is 0.336 e. The first-order chi connectivity index (χ1) is 14.0. The van der Waals surface area contributed by atoms with E-state index in [-0.39, 0.29) is 18.5 Å². The van der Waals surface area contributed by atoms with Gasteiger partial charge in [0.1, 0.15) is 11.2 Å². The van der Waals surface area contributed by atoms with Crippen molar-refractivity contribution in [1.82, 2.24) is 14.0 Å². The number of piperidine rings is 1. The van der Waals surface area contributed by atoms with Crippen molar-refractivity contribution in [2.45, 2.75) is 45.2 Å². The van der Waals surface area contributed by atoms with Gasteiger partial charge in [0, 0.05) is 17.6 Å². The Bertz CT molecular complexity index is 1180. The third kappa shape index (κ3) is 3.65. The molecule has 0 radical (unpaired) electrons. The topological polar surface area (TPSA) is 64.3 Å². The molecule has 0 saturated carbocycles. The highest BCUT2D eigenvalue weighted by atomic mass is 35.5. The van der Waals surface area contributed by atoms with Crippen molar-refractivity contribution < 1.29 is 4.79 Å². The molecular weight excluding hydrogens is 410 g/mol. The first-order valence-corrected chi connectivity index (χ1v) is 11.1. The average molecular weight is 432 g/mol. The summed E-state index contributed by atoms with van der Waals surface area (Å²) >= 11 is 7.34. The summed E-state index contributed by atoms with van der Waals surface area (Å²) in [6, 6.07) is 8.56. The lowest BCUT2D eigenvalue weighted by Crippen LogP contribution is -2.47. The van der Waals surface area contributed by atoms with Gasteiger partial charge in [-0.2, -0.15) is 0 Å². The van der Waals surface area contributed by atoms with Crippen molar-refractivity contribution in [3.8, 4) is 5.69 Å². The van der Waals surface area contributed by atoms with E-state index in [0.29, 0.717) is 27.5 Å². The predicted molar refractivity (Wildman–Crippen MR) is 116 cm³/mol. The highest BCUT2D eigenvalue weighted by Gasteiger charge is 2.27. The number of amides is 1. The first-order valence-electron chi connectivity index (χ1n) is 9.79. The molecule has 3 heterocycles. The molecule has 0 aliphatic carbocycles. The van der Waals surface area contributed by atoms with Crippen molar-refractivity contribution in [1.29, 1.82) is 0 Å². The Morgan fingerprint density at radius 3 is 2.83 bits per heavy atom. The van der Waals surface area contributed by atoms with Crippen molar-refractivity contribution in [2.75, 3.05) is 6.54 Å². The number of carbonyl (C=O) groups excluding carboxylic acids is 1. The van der Waals surface area contributed by atoms with Gasteiger partial charge < -0.3 is 4.90 Å². The monoisotopic (exact) mass is 431 g/mol. The molecule has 1 aliphatic heterocycles. The van der Waals surface area contributed by atoms with Crippen LogP contribution in [0.4, 0.5) is 0 Å². The van der Waals surface area contributed by atoms with Crippen LogP contribution in [0.25, 0.3) is 15.9 Å². The Balaban J connectivity index is 1.82. The van der Waals surface area contributed by atoms with Crippen LogP contribution in [0, 0.1) is 0 Å². The number of carbonyl (C=O) groups is 1. The second-order valence-electron chi connectivity index (χ2n) is 7.27. The lowest BCUT2D eigenvalue weighted by Gasteiger charge is -2.35. The third-order valence-corrected chi connectivity index (χ3v) is 6.66. The van der Waals surface area contributed by atoms with Crippen LogP contribution in [-0.2, 0) is 11.3 Å². The summed E-state index contributed by atoms with van der Waals surface area (Å²) in [5.74, 6) is -0.0811. The molecule has 3 aromatic rings. The Morgan fingerprint density at radius 2 is 2.07 bits per heavy atom. The fraction of sp³-hybridized carbons (Fsp3) is 0.381. The van der Waals surface area contributed by atoms with Gasteiger partial charge in [-0.25, -0.2) is 9.36 Å². The summed E-state index contributed by atoms with van der Waals surface area (Å²) in [5.41, 5.74) is -0.0213. The van der Waals surface area contributed by atoms with Crippen molar-refractivity contribution >= 4 is 39.1 Å². The van der Waals surface area contributed by atoms with Gasteiger partial charge in [-0.15, -0.1) is 11.3 Å². The number of hydrogen-bond acceptors (Lipinski definition) is 4. The van der Waals surface area contributed by atoms with E-state index in [2.05, 4.69) is 6.92 Å². The predicted octanol–water partition coefficient (Wildman–Crippen LogP) is 3.66. The van der Waals surface area contributed by atoms with Gasteiger partial charge in [0.2, 0.25) is 5.91 Å². The molecule has 1 unspecified atom stereocenters. The van der Waals surface area contributed by atoms with Crippen LogP contribution in [0.3, 0.4) is 0 Å².